The van der Waals surface area contributed by atoms with Gasteiger partial charge in [0.1, 0.15) is 11.9 Å². The Hall–Kier alpha value is -1.87. The van der Waals surface area contributed by atoms with Crippen LogP contribution < -0.4 is 5.73 Å². The number of urea groups is 1. The van der Waals surface area contributed by atoms with E-state index in [0.29, 0.717) is 6.42 Å². The van der Waals surface area contributed by atoms with Crippen molar-refractivity contribution in [2.45, 2.75) is 30.9 Å². The zero-order chi connectivity index (χ0) is 14.0. The largest absolute Gasteiger partial charge is 0.393 e. The molecule has 10 nitrogen and oxygen atoms in total. The average molecular weight is 270 g/mol. The Morgan fingerprint density at radius 1 is 1.74 bits per heavy atom. The van der Waals surface area contributed by atoms with E-state index in [0.717, 1.165) is 0 Å². The van der Waals surface area contributed by atoms with Gasteiger partial charge in [0.2, 0.25) is 0 Å². The second-order valence-corrected chi connectivity index (χ2v) is 4.40. The summed E-state index contributed by atoms with van der Waals surface area (Å²) < 4.78 is 5.37. The molecular formula is C9H14N6O4. The van der Waals surface area contributed by atoms with E-state index in [-0.39, 0.29) is 18.8 Å². The molecule has 2 aliphatic heterocycles. The monoisotopic (exact) mass is 270 g/mol. The van der Waals surface area contributed by atoms with Gasteiger partial charge >= 0.3 is 6.03 Å². The molecular weight excluding hydrogens is 256 g/mol. The van der Waals surface area contributed by atoms with Crippen molar-refractivity contribution < 1.29 is 19.7 Å². The molecule has 0 spiro atoms. The minimum absolute atomic E-state index is 0.0960. The Morgan fingerprint density at radius 2 is 2.47 bits per heavy atom. The quantitative estimate of drug-likeness (QED) is 0.350. The molecule has 0 aromatic carbocycles. The zero-order valence-electron chi connectivity index (χ0n) is 10.0. The van der Waals surface area contributed by atoms with Crippen LogP contribution in [0.15, 0.2) is 10.1 Å². The average Bonchev–Trinajstić information content (AvgIpc) is 2.68. The molecule has 1 fully saturated rings. The van der Waals surface area contributed by atoms with Gasteiger partial charge in [-0.3, -0.25) is 4.90 Å². The van der Waals surface area contributed by atoms with Crippen molar-refractivity contribution in [1.82, 2.24) is 4.90 Å². The van der Waals surface area contributed by atoms with Gasteiger partial charge in [-0.1, -0.05) is 5.11 Å². The molecule has 19 heavy (non-hydrogen) atoms. The number of aliphatic hydroxyl groups is 2. The van der Waals surface area contributed by atoms with Crippen LogP contribution in [0.2, 0.25) is 0 Å². The molecule has 4 N–H and O–H groups in total. The molecule has 0 bridgehead atoms. The van der Waals surface area contributed by atoms with Crippen molar-refractivity contribution in [3.05, 3.63) is 10.4 Å². The number of rotatable bonds is 3. The van der Waals surface area contributed by atoms with Crippen molar-refractivity contribution in [2.75, 3.05) is 13.2 Å². The van der Waals surface area contributed by atoms with E-state index >= 15 is 0 Å². The predicted octanol–water partition coefficient (Wildman–Crippen LogP) is -0.725. The van der Waals surface area contributed by atoms with E-state index in [9.17, 15) is 15.0 Å². The number of amides is 2. The first-order chi connectivity index (χ1) is 9.01. The first-order valence-electron chi connectivity index (χ1n) is 5.68. The number of aliphatic hydroxyl groups excluding tert-OH is 2. The molecule has 0 radical (unpaired) electrons. The highest BCUT2D eigenvalue weighted by atomic mass is 16.6. The number of ether oxygens (including phenoxy) is 1. The standard InChI is InChI=1S/C9H14N6O4/c10-6-1-2-15(8(18)12-6)7-5(17)3-9(4-16,19-7)13-14-11/h5,7,16-17H,1-4H2,(H2,10,12,18)/t5-,7-,9+/m1/s1. The fourth-order valence-electron chi connectivity index (χ4n) is 2.14. The van der Waals surface area contributed by atoms with Crippen molar-refractivity contribution >= 4 is 11.9 Å². The first kappa shape index (κ1) is 13.6. The van der Waals surface area contributed by atoms with E-state index in [1.165, 1.54) is 4.90 Å². The Labute approximate surface area is 108 Å². The number of carbonyl (C=O) groups is 1. The number of aliphatic imine (C=N–C) groups is 1. The van der Waals surface area contributed by atoms with E-state index in [1.807, 2.05) is 0 Å². The van der Waals surface area contributed by atoms with Gasteiger partial charge in [0.15, 0.2) is 12.0 Å². The maximum absolute atomic E-state index is 11.7. The molecule has 2 rings (SSSR count). The van der Waals surface area contributed by atoms with Crippen LogP contribution in [0.4, 0.5) is 4.79 Å². The molecule has 0 aromatic heterocycles. The summed E-state index contributed by atoms with van der Waals surface area (Å²) in [4.78, 5) is 19.1. The van der Waals surface area contributed by atoms with E-state index < -0.39 is 30.7 Å². The number of hydrogen-bond donors (Lipinski definition) is 3. The number of carbonyl (C=O) groups excluding carboxylic acids is 1. The second-order valence-electron chi connectivity index (χ2n) is 4.40. The summed E-state index contributed by atoms with van der Waals surface area (Å²) in [6, 6.07) is -0.623. The lowest BCUT2D eigenvalue weighted by Crippen LogP contribution is -2.49. The van der Waals surface area contributed by atoms with Crippen molar-refractivity contribution in [2.24, 2.45) is 15.8 Å². The van der Waals surface area contributed by atoms with E-state index in [4.69, 9.17) is 16.0 Å². The highest BCUT2D eigenvalue weighted by Crippen LogP contribution is 2.34. The number of nitrogens with two attached hydrogens (primary N) is 1. The molecule has 10 heteroatoms. The Balaban J connectivity index is 2.19. The molecule has 0 aliphatic carbocycles. The fraction of sp³-hybridized carbons (Fsp3) is 0.778. The third kappa shape index (κ3) is 2.47. The molecule has 3 atom stereocenters. The molecule has 0 aromatic rings. The summed E-state index contributed by atoms with van der Waals surface area (Å²) in [5.41, 5.74) is 12.3. The van der Waals surface area contributed by atoms with Crippen molar-refractivity contribution in [3.63, 3.8) is 0 Å². The molecule has 1 saturated heterocycles. The summed E-state index contributed by atoms with van der Waals surface area (Å²) in [6.07, 6.45) is -1.81. The van der Waals surface area contributed by atoms with Gasteiger partial charge in [-0.25, -0.2) is 4.79 Å². The number of azide groups is 1. The minimum atomic E-state index is -1.55. The van der Waals surface area contributed by atoms with Crippen LogP contribution in [-0.4, -0.2) is 58.2 Å². The highest BCUT2D eigenvalue weighted by Gasteiger charge is 2.49. The lowest BCUT2D eigenvalue weighted by atomic mass is 10.1. The van der Waals surface area contributed by atoms with Crippen LogP contribution in [0, 0.1) is 0 Å². The van der Waals surface area contributed by atoms with Crippen LogP contribution in [0.3, 0.4) is 0 Å². The molecule has 2 amide bonds. The van der Waals surface area contributed by atoms with Crippen LogP contribution in [-0.2, 0) is 4.74 Å². The van der Waals surface area contributed by atoms with Gasteiger partial charge in [-0.05, 0) is 5.53 Å². The summed E-state index contributed by atoms with van der Waals surface area (Å²) in [5, 5.41) is 22.5. The molecule has 0 unspecified atom stereocenters. The SMILES string of the molecule is [N-]=[N+]=N[C@@]1(CO)C[C@@H](O)[C@H](N2CCC(N)=NC2=O)O1. The molecule has 2 aliphatic rings. The smallest absolute Gasteiger partial charge is 0.347 e. The van der Waals surface area contributed by atoms with Gasteiger partial charge in [-0.2, -0.15) is 4.99 Å². The Kier molecular flexibility index (Phi) is 3.58. The van der Waals surface area contributed by atoms with Crippen molar-refractivity contribution in [3.8, 4) is 0 Å². The number of hydrogen-bond acceptors (Lipinski definition) is 6. The van der Waals surface area contributed by atoms with E-state index in [2.05, 4.69) is 15.0 Å². The summed E-state index contributed by atoms with van der Waals surface area (Å²) in [6.45, 7) is -0.342. The van der Waals surface area contributed by atoms with Gasteiger partial charge in [0.05, 0.1) is 6.61 Å². The van der Waals surface area contributed by atoms with Gasteiger partial charge < -0.3 is 20.7 Å². The minimum Gasteiger partial charge on any atom is -0.393 e. The molecule has 2 heterocycles. The first-order valence-corrected chi connectivity index (χ1v) is 5.68. The second kappa shape index (κ2) is 5.02. The van der Waals surface area contributed by atoms with Crippen LogP contribution in [0.5, 0.6) is 0 Å². The third-order valence-corrected chi connectivity index (χ3v) is 3.07. The van der Waals surface area contributed by atoms with Crippen LogP contribution in [0.25, 0.3) is 10.4 Å². The van der Waals surface area contributed by atoms with E-state index in [1.54, 1.807) is 0 Å². The maximum Gasteiger partial charge on any atom is 0.347 e. The summed E-state index contributed by atoms with van der Waals surface area (Å²) in [5.74, 6) is 0.220. The van der Waals surface area contributed by atoms with Gasteiger partial charge in [-0.15, -0.1) is 0 Å². The van der Waals surface area contributed by atoms with Gasteiger partial charge in [0.25, 0.3) is 0 Å². The maximum atomic E-state index is 11.7. The summed E-state index contributed by atoms with van der Waals surface area (Å²) >= 11 is 0. The Morgan fingerprint density at radius 3 is 3.05 bits per heavy atom. The number of nitrogens with zero attached hydrogens (tertiary/aromatic N) is 5. The molecule has 0 saturated carbocycles. The topological polar surface area (TPSA) is 157 Å². The lowest BCUT2D eigenvalue weighted by molar-refractivity contribution is -0.122. The van der Waals surface area contributed by atoms with Gasteiger partial charge in [0, 0.05) is 24.3 Å². The highest BCUT2D eigenvalue weighted by molar-refractivity contribution is 5.95. The van der Waals surface area contributed by atoms with Crippen LogP contribution in [0.1, 0.15) is 12.8 Å². The lowest BCUT2D eigenvalue weighted by Gasteiger charge is -2.32. The number of amidine groups is 1. The summed E-state index contributed by atoms with van der Waals surface area (Å²) in [7, 11) is 0. The third-order valence-electron chi connectivity index (χ3n) is 3.07. The Bertz CT molecular complexity index is 462. The molecule has 104 valence electrons. The van der Waals surface area contributed by atoms with Crippen molar-refractivity contribution in [1.29, 1.82) is 0 Å². The fourth-order valence-corrected chi connectivity index (χ4v) is 2.14. The van der Waals surface area contributed by atoms with Crippen LogP contribution >= 0.6 is 0 Å². The predicted molar refractivity (Wildman–Crippen MR) is 62.8 cm³/mol. The normalized spacial score (nSPS) is 34.9. The zero-order valence-corrected chi connectivity index (χ0v) is 10.0.